The first-order valence-electron chi connectivity index (χ1n) is 6.31. The molecule has 0 aromatic heterocycles. The fraction of sp³-hybridized carbons (Fsp3) is 0.600. The minimum atomic E-state index is 0.552. The van der Waals surface area contributed by atoms with Crippen LogP contribution in [0.3, 0.4) is 0 Å². The maximum absolute atomic E-state index is 3.45. The van der Waals surface area contributed by atoms with Gasteiger partial charge in [-0.2, -0.15) is 0 Å². The summed E-state index contributed by atoms with van der Waals surface area (Å²) in [4.78, 5) is 0. The average molecular weight is 219 g/mol. The van der Waals surface area contributed by atoms with Crippen molar-refractivity contribution < 1.29 is 0 Å². The van der Waals surface area contributed by atoms with Crippen molar-refractivity contribution in [2.24, 2.45) is 5.92 Å². The summed E-state index contributed by atoms with van der Waals surface area (Å²) in [6.07, 6.45) is 1.18. The van der Waals surface area contributed by atoms with Crippen molar-refractivity contribution in [1.29, 1.82) is 0 Å². The van der Waals surface area contributed by atoms with Gasteiger partial charge in [0, 0.05) is 12.6 Å². The molecule has 0 bridgehead atoms. The predicted octanol–water partition coefficient (Wildman–Crippen LogP) is 3.69. The van der Waals surface area contributed by atoms with Gasteiger partial charge in [-0.3, -0.25) is 0 Å². The molecule has 1 aromatic carbocycles. The van der Waals surface area contributed by atoms with Gasteiger partial charge in [-0.15, -0.1) is 0 Å². The molecule has 0 amide bonds. The van der Waals surface area contributed by atoms with Crippen molar-refractivity contribution in [3.05, 3.63) is 34.9 Å². The summed E-state index contributed by atoms with van der Waals surface area (Å²) >= 11 is 0. The molecule has 0 aliphatic carbocycles. The van der Waals surface area contributed by atoms with E-state index in [1.807, 2.05) is 0 Å². The lowest BCUT2D eigenvalue weighted by atomic mass is 9.97. The zero-order valence-corrected chi connectivity index (χ0v) is 11.3. The minimum absolute atomic E-state index is 0.552. The van der Waals surface area contributed by atoms with Gasteiger partial charge < -0.3 is 5.32 Å². The van der Waals surface area contributed by atoms with Gasteiger partial charge in [0.25, 0.3) is 0 Å². The zero-order valence-electron chi connectivity index (χ0n) is 11.3. The third kappa shape index (κ3) is 4.36. The predicted molar refractivity (Wildman–Crippen MR) is 71.7 cm³/mol. The highest BCUT2D eigenvalue weighted by molar-refractivity contribution is 5.31. The van der Waals surface area contributed by atoms with Crippen LogP contribution in [0.1, 0.15) is 44.4 Å². The molecule has 1 heteroatoms. The standard InChI is InChI=1S/C15H25N/c1-11(2)8-15-7-6-14(9-13(15)5)10-16-12(3)4/h6-7,9,11-12,16H,8,10H2,1-5H3. The van der Waals surface area contributed by atoms with E-state index >= 15 is 0 Å². The van der Waals surface area contributed by atoms with Gasteiger partial charge >= 0.3 is 0 Å². The molecule has 1 nitrogen and oxygen atoms in total. The lowest BCUT2D eigenvalue weighted by Gasteiger charge is -2.12. The highest BCUT2D eigenvalue weighted by Gasteiger charge is 2.03. The first kappa shape index (κ1) is 13.2. The number of hydrogen-bond acceptors (Lipinski definition) is 1. The van der Waals surface area contributed by atoms with E-state index < -0.39 is 0 Å². The molecular formula is C15H25N. The first-order valence-corrected chi connectivity index (χ1v) is 6.31. The Morgan fingerprint density at radius 1 is 1.12 bits per heavy atom. The number of benzene rings is 1. The van der Waals surface area contributed by atoms with Gasteiger partial charge in [0.15, 0.2) is 0 Å². The van der Waals surface area contributed by atoms with Crippen molar-refractivity contribution in [2.75, 3.05) is 0 Å². The number of aryl methyl sites for hydroxylation is 1. The molecule has 0 aliphatic rings. The summed E-state index contributed by atoms with van der Waals surface area (Å²) in [7, 11) is 0. The average Bonchev–Trinajstić information content (AvgIpc) is 2.18. The number of hydrogen-bond donors (Lipinski definition) is 1. The van der Waals surface area contributed by atoms with Crippen LogP contribution < -0.4 is 5.32 Å². The summed E-state index contributed by atoms with van der Waals surface area (Å²) < 4.78 is 0. The third-order valence-electron chi connectivity index (χ3n) is 2.75. The summed E-state index contributed by atoms with van der Waals surface area (Å²) in [6, 6.07) is 7.40. The van der Waals surface area contributed by atoms with Crippen molar-refractivity contribution in [2.45, 2.75) is 53.6 Å². The minimum Gasteiger partial charge on any atom is -0.310 e. The van der Waals surface area contributed by atoms with Gasteiger partial charge in [-0.1, -0.05) is 45.9 Å². The molecular weight excluding hydrogens is 194 g/mol. The molecule has 0 unspecified atom stereocenters. The van der Waals surface area contributed by atoms with Gasteiger partial charge in [0.2, 0.25) is 0 Å². The lowest BCUT2D eigenvalue weighted by Crippen LogP contribution is -2.21. The van der Waals surface area contributed by atoms with Crippen LogP contribution >= 0.6 is 0 Å². The molecule has 1 aromatic rings. The monoisotopic (exact) mass is 219 g/mol. The van der Waals surface area contributed by atoms with Crippen LogP contribution in [-0.4, -0.2) is 6.04 Å². The van der Waals surface area contributed by atoms with E-state index in [-0.39, 0.29) is 0 Å². The fourth-order valence-corrected chi connectivity index (χ4v) is 1.86. The second-order valence-electron chi connectivity index (χ2n) is 5.39. The Balaban J connectivity index is 2.67. The summed E-state index contributed by atoms with van der Waals surface area (Å²) in [6.45, 7) is 12.1. The smallest absolute Gasteiger partial charge is 0.0207 e. The van der Waals surface area contributed by atoms with E-state index in [2.05, 4.69) is 58.1 Å². The summed E-state index contributed by atoms with van der Waals surface area (Å²) in [5, 5.41) is 3.45. The molecule has 1 N–H and O–H groups in total. The largest absolute Gasteiger partial charge is 0.310 e. The van der Waals surface area contributed by atoms with Crippen LogP contribution in [0.2, 0.25) is 0 Å². The summed E-state index contributed by atoms with van der Waals surface area (Å²) in [5.41, 5.74) is 4.30. The van der Waals surface area contributed by atoms with E-state index in [0.29, 0.717) is 6.04 Å². The Bertz CT molecular complexity index is 326. The molecule has 0 saturated carbocycles. The highest BCUT2D eigenvalue weighted by Crippen LogP contribution is 2.15. The second-order valence-corrected chi connectivity index (χ2v) is 5.39. The molecule has 0 spiro atoms. The Kier molecular flexibility index (Phi) is 5.01. The zero-order chi connectivity index (χ0) is 12.1. The van der Waals surface area contributed by atoms with Gasteiger partial charge in [-0.05, 0) is 36.0 Å². The first-order chi connectivity index (χ1) is 7.49. The molecule has 0 radical (unpaired) electrons. The van der Waals surface area contributed by atoms with Gasteiger partial charge in [0.05, 0.1) is 0 Å². The number of rotatable bonds is 5. The van der Waals surface area contributed by atoms with E-state index in [9.17, 15) is 0 Å². The topological polar surface area (TPSA) is 12.0 Å². The molecule has 90 valence electrons. The van der Waals surface area contributed by atoms with Crippen molar-refractivity contribution >= 4 is 0 Å². The lowest BCUT2D eigenvalue weighted by molar-refractivity contribution is 0.588. The van der Waals surface area contributed by atoms with E-state index in [4.69, 9.17) is 0 Å². The molecule has 0 aliphatic heterocycles. The molecule has 0 heterocycles. The maximum Gasteiger partial charge on any atom is 0.0207 e. The van der Waals surface area contributed by atoms with Crippen molar-refractivity contribution in [1.82, 2.24) is 5.32 Å². The Hall–Kier alpha value is -0.820. The van der Waals surface area contributed by atoms with Crippen LogP contribution in [0.25, 0.3) is 0 Å². The van der Waals surface area contributed by atoms with E-state index in [1.165, 1.54) is 23.1 Å². The summed E-state index contributed by atoms with van der Waals surface area (Å²) in [5.74, 6) is 0.735. The molecule has 1 rings (SSSR count). The van der Waals surface area contributed by atoms with Gasteiger partial charge in [-0.25, -0.2) is 0 Å². The molecule has 0 saturated heterocycles. The maximum atomic E-state index is 3.45. The highest BCUT2D eigenvalue weighted by atomic mass is 14.9. The SMILES string of the molecule is Cc1cc(CNC(C)C)ccc1CC(C)C. The van der Waals surface area contributed by atoms with Crippen LogP contribution in [0.4, 0.5) is 0 Å². The molecule has 0 atom stereocenters. The van der Waals surface area contributed by atoms with E-state index in [1.54, 1.807) is 0 Å². The molecule has 16 heavy (non-hydrogen) atoms. The Morgan fingerprint density at radius 3 is 2.31 bits per heavy atom. The van der Waals surface area contributed by atoms with Crippen molar-refractivity contribution in [3.63, 3.8) is 0 Å². The second kappa shape index (κ2) is 6.05. The number of nitrogens with one attached hydrogen (secondary N) is 1. The Labute approximate surface area is 100 Å². The third-order valence-corrected chi connectivity index (χ3v) is 2.75. The van der Waals surface area contributed by atoms with Gasteiger partial charge in [0.1, 0.15) is 0 Å². The van der Waals surface area contributed by atoms with Crippen LogP contribution in [0.15, 0.2) is 18.2 Å². The Morgan fingerprint density at radius 2 is 1.81 bits per heavy atom. The quantitative estimate of drug-likeness (QED) is 0.796. The van der Waals surface area contributed by atoms with E-state index in [0.717, 1.165) is 12.5 Å². The normalized spacial score (nSPS) is 11.4. The molecule has 0 fully saturated rings. The van der Waals surface area contributed by atoms with Crippen LogP contribution in [-0.2, 0) is 13.0 Å². The fourth-order valence-electron chi connectivity index (χ4n) is 1.86. The van der Waals surface area contributed by atoms with Crippen LogP contribution in [0.5, 0.6) is 0 Å². The van der Waals surface area contributed by atoms with Crippen molar-refractivity contribution in [3.8, 4) is 0 Å². The van der Waals surface area contributed by atoms with Crippen LogP contribution in [0, 0.1) is 12.8 Å².